The Hall–Kier alpha value is -2.87. The molecule has 1 aliphatic rings. The van der Waals surface area contributed by atoms with Gasteiger partial charge in [-0.05, 0) is 36.6 Å². The smallest absolute Gasteiger partial charge is 0.318 e. The maximum atomic E-state index is 13.7. The summed E-state index contributed by atoms with van der Waals surface area (Å²) in [5.41, 5.74) is 2.33. The molecule has 2 heterocycles. The van der Waals surface area contributed by atoms with E-state index in [9.17, 15) is 14.0 Å². The fourth-order valence-electron chi connectivity index (χ4n) is 2.82. The van der Waals surface area contributed by atoms with Crippen LogP contribution in [0.1, 0.15) is 28.9 Å². The number of carbonyl (C=O) groups excluding carboxylic acids is 2. The average molecular weight is 346 g/mol. The van der Waals surface area contributed by atoms with E-state index in [1.807, 2.05) is 0 Å². The number of aliphatic hydroxyl groups is 1. The number of halogens is 1. The molecule has 1 aromatic heterocycles. The summed E-state index contributed by atoms with van der Waals surface area (Å²) in [5.74, 6) is -0.657. The molecule has 3 amide bonds. The first-order valence-corrected chi connectivity index (χ1v) is 8.04. The molecule has 1 aromatic carbocycles. The van der Waals surface area contributed by atoms with Gasteiger partial charge in [-0.2, -0.15) is 0 Å². The van der Waals surface area contributed by atoms with Gasteiger partial charge in [-0.25, -0.2) is 9.18 Å². The van der Waals surface area contributed by atoms with Crippen molar-refractivity contribution in [3.05, 3.63) is 41.5 Å². The van der Waals surface area contributed by atoms with Crippen LogP contribution in [0.5, 0.6) is 0 Å². The molecule has 0 bridgehead atoms. The molecule has 2 aromatic rings. The molecule has 25 heavy (non-hydrogen) atoms. The van der Waals surface area contributed by atoms with Gasteiger partial charge in [-0.1, -0.05) is 0 Å². The third-order valence-electron chi connectivity index (χ3n) is 3.99. The van der Waals surface area contributed by atoms with E-state index in [0.717, 1.165) is 5.57 Å². The van der Waals surface area contributed by atoms with Crippen LogP contribution in [-0.2, 0) is 0 Å². The third kappa shape index (κ3) is 3.63. The van der Waals surface area contributed by atoms with Crippen LogP contribution in [-0.4, -0.2) is 41.7 Å². The molecule has 0 spiro atoms. The molecule has 7 nitrogen and oxygen atoms in total. The lowest BCUT2D eigenvalue weighted by Crippen LogP contribution is -2.33. The molecule has 5 N–H and O–H groups in total. The molecule has 132 valence electrons. The summed E-state index contributed by atoms with van der Waals surface area (Å²) >= 11 is 0. The van der Waals surface area contributed by atoms with Crippen LogP contribution in [0.25, 0.3) is 16.5 Å². The lowest BCUT2D eigenvalue weighted by atomic mass is 10.0. The van der Waals surface area contributed by atoms with Crippen molar-refractivity contribution in [2.45, 2.75) is 12.8 Å². The maximum absolute atomic E-state index is 13.7. The standard InChI is InChI=1S/C17H19FN4O3/c18-11-2-3-13-12(8-11)14-10(4-6-19-16(24)15(14)22-13)9-21-17(25)20-5-1-7-23/h2-3,8-9,22-23H,1,4-7H2,(H,19,24)(H2,20,21,25)/b10-9+. The Kier molecular flexibility index (Phi) is 4.99. The van der Waals surface area contributed by atoms with Gasteiger partial charge in [-0.3, -0.25) is 4.79 Å². The maximum Gasteiger partial charge on any atom is 0.318 e. The van der Waals surface area contributed by atoms with Crippen molar-refractivity contribution >= 4 is 28.4 Å². The number of urea groups is 1. The van der Waals surface area contributed by atoms with E-state index in [4.69, 9.17) is 5.11 Å². The summed E-state index contributed by atoms with van der Waals surface area (Å²) in [6.45, 7) is 0.770. The molecule has 1 aliphatic heterocycles. The van der Waals surface area contributed by atoms with Crippen LogP contribution in [0.15, 0.2) is 24.4 Å². The highest BCUT2D eigenvalue weighted by molar-refractivity contribution is 6.07. The monoisotopic (exact) mass is 346 g/mol. The number of fused-ring (bicyclic) bond motifs is 3. The summed E-state index contributed by atoms with van der Waals surface area (Å²) < 4.78 is 13.7. The van der Waals surface area contributed by atoms with E-state index in [-0.39, 0.29) is 12.5 Å². The van der Waals surface area contributed by atoms with Gasteiger partial charge in [0.1, 0.15) is 11.5 Å². The van der Waals surface area contributed by atoms with Crippen molar-refractivity contribution in [2.75, 3.05) is 19.7 Å². The van der Waals surface area contributed by atoms with Crippen molar-refractivity contribution in [3.8, 4) is 0 Å². The summed E-state index contributed by atoms with van der Waals surface area (Å²) in [6, 6.07) is 3.88. The number of aliphatic hydroxyl groups excluding tert-OH is 1. The Balaban J connectivity index is 1.93. The Labute approximate surface area is 143 Å². The zero-order valence-corrected chi connectivity index (χ0v) is 13.5. The zero-order valence-electron chi connectivity index (χ0n) is 13.5. The molecule has 0 fully saturated rings. The highest BCUT2D eigenvalue weighted by atomic mass is 19.1. The number of hydrogen-bond donors (Lipinski definition) is 5. The summed E-state index contributed by atoms with van der Waals surface area (Å²) in [6.07, 6.45) is 2.50. The van der Waals surface area contributed by atoms with Gasteiger partial charge in [0.15, 0.2) is 0 Å². The molecular formula is C17H19FN4O3. The van der Waals surface area contributed by atoms with Gasteiger partial charge in [-0.15, -0.1) is 0 Å². The highest BCUT2D eigenvalue weighted by Crippen LogP contribution is 2.32. The minimum Gasteiger partial charge on any atom is -0.396 e. The first-order chi connectivity index (χ1) is 12.1. The number of benzene rings is 1. The number of aromatic nitrogens is 1. The Morgan fingerprint density at radius 2 is 2.24 bits per heavy atom. The Morgan fingerprint density at radius 3 is 3.04 bits per heavy atom. The van der Waals surface area contributed by atoms with Gasteiger partial charge in [0.25, 0.3) is 5.91 Å². The number of aromatic amines is 1. The third-order valence-corrected chi connectivity index (χ3v) is 3.99. The molecule has 0 saturated carbocycles. The van der Waals surface area contributed by atoms with E-state index in [1.54, 1.807) is 6.07 Å². The van der Waals surface area contributed by atoms with Crippen LogP contribution < -0.4 is 16.0 Å². The predicted octanol–water partition coefficient (Wildman–Crippen LogP) is 1.46. The second-order valence-electron chi connectivity index (χ2n) is 5.72. The van der Waals surface area contributed by atoms with E-state index in [2.05, 4.69) is 20.9 Å². The molecule has 0 atom stereocenters. The average Bonchev–Trinajstić information content (AvgIpc) is 2.88. The second-order valence-corrected chi connectivity index (χ2v) is 5.72. The predicted molar refractivity (Wildman–Crippen MR) is 91.4 cm³/mol. The number of nitrogens with one attached hydrogen (secondary N) is 4. The fourth-order valence-corrected chi connectivity index (χ4v) is 2.82. The quantitative estimate of drug-likeness (QED) is 0.541. The number of amides is 3. The Bertz CT molecular complexity index is 844. The molecular weight excluding hydrogens is 327 g/mol. The number of hydrogen-bond acceptors (Lipinski definition) is 3. The molecule has 0 unspecified atom stereocenters. The Morgan fingerprint density at radius 1 is 1.40 bits per heavy atom. The molecule has 0 aliphatic carbocycles. The normalized spacial score (nSPS) is 15.6. The lowest BCUT2D eigenvalue weighted by molar-refractivity contribution is 0.0952. The minimum absolute atomic E-state index is 0.000582. The zero-order chi connectivity index (χ0) is 17.8. The van der Waals surface area contributed by atoms with Gasteiger partial charge in [0, 0.05) is 42.4 Å². The van der Waals surface area contributed by atoms with Gasteiger partial charge in [0.05, 0.1) is 0 Å². The summed E-state index contributed by atoms with van der Waals surface area (Å²) in [7, 11) is 0. The summed E-state index contributed by atoms with van der Waals surface area (Å²) in [4.78, 5) is 27.0. The van der Waals surface area contributed by atoms with Crippen molar-refractivity contribution in [1.29, 1.82) is 0 Å². The van der Waals surface area contributed by atoms with Crippen molar-refractivity contribution in [2.24, 2.45) is 0 Å². The van der Waals surface area contributed by atoms with Crippen molar-refractivity contribution in [1.82, 2.24) is 20.9 Å². The van der Waals surface area contributed by atoms with E-state index in [1.165, 1.54) is 18.3 Å². The summed E-state index contributed by atoms with van der Waals surface area (Å²) in [5, 5.41) is 17.3. The van der Waals surface area contributed by atoms with Crippen LogP contribution in [0.3, 0.4) is 0 Å². The molecule has 8 heteroatoms. The number of rotatable bonds is 4. The number of H-pyrrole nitrogens is 1. The first-order valence-electron chi connectivity index (χ1n) is 8.04. The van der Waals surface area contributed by atoms with Crippen LogP contribution in [0, 0.1) is 5.82 Å². The van der Waals surface area contributed by atoms with Gasteiger partial charge in [0.2, 0.25) is 0 Å². The SMILES string of the molecule is O=C(N/C=C1\CCNC(=O)c2[nH]c3ccc(F)cc3c21)NCCCO. The minimum atomic E-state index is -0.406. The van der Waals surface area contributed by atoms with Gasteiger partial charge < -0.3 is 26.0 Å². The van der Waals surface area contributed by atoms with Crippen LogP contribution >= 0.6 is 0 Å². The van der Waals surface area contributed by atoms with Crippen molar-refractivity contribution < 1.29 is 19.1 Å². The first kappa shape index (κ1) is 17.0. The van der Waals surface area contributed by atoms with Gasteiger partial charge >= 0.3 is 6.03 Å². The van der Waals surface area contributed by atoms with Crippen LogP contribution in [0.4, 0.5) is 9.18 Å². The topological polar surface area (TPSA) is 106 Å². The molecule has 0 saturated heterocycles. The van der Waals surface area contributed by atoms with Crippen molar-refractivity contribution in [3.63, 3.8) is 0 Å². The molecule has 0 radical (unpaired) electrons. The van der Waals surface area contributed by atoms with Crippen LogP contribution in [0.2, 0.25) is 0 Å². The molecule has 3 rings (SSSR count). The number of carbonyl (C=O) groups is 2. The highest BCUT2D eigenvalue weighted by Gasteiger charge is 2.24. The van der Waals surface area contributed by atoms with E-state index in [0.29, 0.717) is 48.1 Å². The second kappa shape index (κ2) is 7.35. The van der Waals surface area contributed by atoms with E-state index >= 15 is 0 Å². The van der Waals surface area contributed by atoms with E-state index < -0.39 is 11.8 Å². The largest absolute Gasteiger partial charge is 0.396 e. The lowest BCUT2D eigenvalue weighted by Gasteiger charge is -2.07. The fraction of sp³-hybridized carbons (Fsp3) is 0.294.